The van der Waals surface area contributed by atoms with Gasteiger partial charge in [0.2, 0.25) is 11.7 Å². The number of carbonyl (C=O) groups excluding carboxylic acids is 2. The maximum Gasteiger partial charge on any atom is 0.259 e. The van der Waals surface area contributed by atoms with Crippen molar-refractivity contribution in [1.29, 1.82) is 0 Å². The Bertz CT molecular complexity index is 834. The second-order valence-corrected chi connectivity index (χ2v) is 5.32. The second kappa shape index (κ2) is 10.4. The normalized spacial score (nSPS) is 10.8. The third-order valence-corrected chi connectivity index (χ3v) is 3.46. The molecular weight excluding hydrogens is 366 g/mol. The lowest BCUT2D eigenvalue weighted by Crippen LogP contribution is -2.34. The van der Waals surface area contributed by atoms with Crippen molar-refractivity contribution >= 4 is 24.1 Å². The van der Waals surface area contributed by atoms with Gasteiger partial charge in [-0.3, -0.25) is 9.59 Å². The van der Waals surface area contributed by atoms with E-state index in [0.29, 0.717) is 28.6 Å². The summed E-state index contributed by atoms with van der Waals surface area (Å²) in [6.45, 7) is -0.228. The Labute approximate surface area is 162 Å². The summed E-state index contributed by atoms with van der Waals surface area (Å²) in [5.74, 6) is 1.00. The molecule has 0 unspecified atom stereocenters. The zero-order chi connectivity index (χ0) is 20.4. The minimum Gasteiger partial charge on any atom is -0.493 e. The van der Waals surface area contributed by atoms with Crippen LogP contribution >= 0.6 is 0 Å². The van der Waals surface area contributed by atoms with Crippen LogP contribution in [0.3, 0.4) is 0 Å². The van der Waals surface area contributed by atoms with Crippen molar-refractivity contribution in [2.24, 2.45) is 5.10 Å². The highest BCUT2D eigenvalue weighted by Crippen LogP contribution is 2.37. The molecule has 148 valence electrons. The van der Waals surface area contributed by atoms with Crippen LogP contribution in [0.15, 0.2) is 46.1 Å². The van der Waals surface area contributed by atoms with E-state index in [1.54, 1.807) is 24.3 Å². The lowest BCUT2D eigenvalue weighted by molar-refractivity contribution is -0.123. The van der Waals surface area contributed by atoms with Crippen LogP contribution < -0.4 is 25.0 Å². The molecule has 0 aliphatic carbocycles. The number of nitrogens with one attached hydrogen (secondary N) is 2. The van der Waals surface area contributed by atoms with Crippen molar-refractivity contribution < 1.29 is 28.2 Å². The fourth-order valence-corrected chi connectivity index (χ4v) is 2.16. The van der Waals surface area contributed by atoms with E-state index in [1.807, 2.05) is 0 Å². The number of nitrogens with zero attached hydrogens (tertiary/aromatic N) is 1. The van der Waals surface area contributed by atoms with Crippen molar-refractivity contribution in [2.75, 3.05) is 27.9 Å². The molecule has 2 rings (SSSR count). The van der Waals surface area contributed by atoms with Crippen LogP contribution in [0.5, 0.6) is 17.2 Å². The van der Waals surface area contributed by atoms with Gasteiger partial charge >= 0.3 is 0 Å². The Kier molecular flexibility index (Phi) is 7.64. The molecule has 1 aromatic heterocycles. The van der Waals surface area contributed by atoms with Gasteiger partial charge in [-0.05, 0) is 30.3 Å². The van der Waals surface area contributed by atoms with E-state index in [2.05, 4.69) is 15.8 Å². The Hall–Kier alpha value is -3.75. The van der Waals surface area contributed by atoms with Crippen molar-refractivity contribution in [3.05, 3.63) is 47.9 Å². The van der Waals surface area contributed by atoms with E-state index >= 15 is 0 Å². The lowest BCUT2D eigenvalue weighted by Gasteiger charge is -2.12. The molecule has 0 saturated carbocycles. The molecule has 1 aromatic carbocycles. The number of hydrogen-bond acceptors (Lipinski definition) is 7. The number of ether oxygens (including phenoxy) is 3. The summed E-state index contributed by atoms with van der Waals surface area (Å²) in [6.07, 6.45) is 5.68. The van der Waals surface area contributed by atoms with Crippen LogP contribution in [0.2, 0.25) is 0 Å². The van der Waals surface area contributed by atoms with E-state index in [4.69, 9.17) is 18.6 Å². The highest BCUT2D eigenvalue weighted by molar-refractivity contribution is 5.94. The fourth-order valence-electron chi connectivity index (χ4n) is 2.16. The predicted octanol–water partition coefficient (Wildman–Crippen LogP) is 1.59. The molecule has 1 heterocycles. The summed E-state index contributed by atoms with van der Waals surface area (Å²) < 4.78 is 20.8. The number of carbonyl (C=O) groups is 2. The molecule has 2 aromatic rings. The minimum atomic E-state index is -0.483. The number of amides is 2. The van der Waals surface area contributed by atoms with Gasteiger partial charge < -0.3 is 23.9 Å². The van der Waals surface area contributed by atoms with Gasteiger partial charge in [0.05, 0.1) is 40.4 Å². The summed E-state index contributed by atoms with van der Waals surface area (Å²) in [7, 11) is 4.51. The van der Waals surface area contributed by atoms with E-state index in [0.717, 1.165) is 0 Å². The third kappa shape index (κ3) is 5.90. The Balaban J connectivity index is 1.86. The predicted molar refractivity (Wildman–Crippen MR) is 103 cm³/mol. The van der Waals surface area contributed by atoms with Crippen molar-refractivity contribution in [3.63, 3.8) is 0 Å². The first-order chi connectivity index (χ1) is 13.6. The zero-order valence-corrected chi connectivity index (χ0v) is 15.7. The highest BCUT2D eigenvalue weighted by atomic mass is 16.5. The summed E-state index contributed by atoms with van der Waals surface area (Å²) in [6, 6.07) is 6.77. The molecule has 0 bridgehead atoms. The van der Waals surface area contributed by atoms with Gasteiger partial charge in [0.25, 0.3) is 5.91 Å². The van der Waals surface area contributed by atoms with Crippen LogP contribution in [0, 0.1) is 0 Å². The summed E-state index contributed by atoms with van der Waals surface area (Å²) in [5, 5.41) is 6.29. The molecular formula is C19H21N3O6. The SMILES string of the molecule is COc1cc(/C=N\NC(=O)CNC(=O)/C=C/c2ccco2)cc(OC)c1OC. The number of hydrogen-bond donors (Lipinski definition) is 2. The van der Waals surface area contributed by atoms with Crippen LogP contribution in [-0.4, -0.2) is 45.9 Å². The van der Waals surface area contributed by atoms with Gasteiger partial charge in [-0.25, -0.2) is 5.43 Å². The Morgan fingerprint density at radius 3 is 2.43 bits per heavy atom. The van der Waals surface area contributed by atoms with Crippen molar-refractivity contribution in [3.8, 4) is 17.2 Å². The molecule has 0 fully saturated rings. The quantitative estimate of drug-likeness (QED) is 0.384. The van der Waals surface area contributed by atoms with Gasteiger partial charge in [-0.15, -0.1) is 0 Å². The standard InChI is InChI=1S/C19H21N3O6/c1-25-15-9-13(10-16(26-2)19(15)27-3)11-21-22-18(24)12-20-17(23)7-6-14-5-4-8-28-14/h4-11H,12H2,1-3H3,(H,20,23)(H,22,24)/b7-6+,21-11-. The van der Waals surface area contributed by atoms with E-state index in [-0.39, 0.29) is 6.54 Å². The molecule has 0 radical (unpaired) electrons. The van der Waals surface area contributed by atoms with Gasteiger partial charge in [0.15, 0.2) is 11.5 Å². The second-order valence-electron chi connectivity index (χ2n) is 5.32. The molecule has 2 N–H and O–H groups in total. The van der Waals surface area contributed by atoms with Crippen LogP contribution in [0.4, 0.5) is 0 Å². The van der Waals surface area contributed by atoms with Crippen molar-refractivity contribution in [2.45, 2.75) is 0 Å². The molecule has 0 aliphatic heterocycles. The van der Waals surface area contributed by atoms with E-state index in [1.165, 1.54) is 46.0 Å². The maximum absolute atomic E-state index is 11.8. The van der Waals surface area contributed by atoms with Gasteiger partial charge in [-0.2, -0.15) is 5.10 Å². The average molecular weight is 387 g/mol. The number of hydrazone groups is 1. The molecule has 2 amide bonds. The van der Waals surface area contributed by atoms with Crippen LogP contribution in [0.1, 0.15) is 11.3 Å². The average Bonchev–Trinajstić information content (AvgIpc) is 3.23. The van der Waals surface area contributed by atoms with Crippen molar-refractivity contribution in [1.82, 2.24) is 10.7 Å². The first-order valence-electron chi connectivity index (χ1n) is 8.18. The molecule has 9 nitrogen and oxygen atoms in total. The molecule has 28 heavy (non-hydrogen) atoms. The summed E-state index contributed by atoms with van der Waals surface area (Å²) in [4.78, 5) is 23.4. The smallest absolute Gasteiger partial charge is 0.259 e. The van der Waals surface area contributed by atoms with E-state index < -0.39 is 11.8 Å². The number of benzene rings is 1. The minimum absolute atomic E-state index is 0.228. The highest BCUT2D eigenvalue weighted by Gasteiger charge is 2.12. The number of rotatable bonds is 9. The monoisotopic (exact) mass is 387 g/mol. The van der Waals surface area contributed by atoms with Crippen LogP contribution in [-0.2, 0) is 9.59 Å². The topological polar surface area (TPSA) is 111 Å². The zero-order valence-electron chi connectivity index (χ0n) is 15.7. The first-order valence-corrected chi connectivity index (χ1v) is 8.18. The third-order valence-electron chi connectivity index (χ3n) is 3.46. The lowest BCUT2D eigenvalue weighted by atomic mass is 10.2. The molecule has 0 saturated heterocycles. The molecule has 0 atom stereocenters. The molecule has 0 spiro atoms. The fraction of sp³-hybridized carbons (Fsp3) is 0.211. The van der Waals surface area contributed by atoms with Gasteiger partial charge in [0.1, 0.15) is 5.76 Å². The molecule has 9 heteroatoms. The number of furan rings is 1. The largest absolute Gasteiger partial charge is 0.493 e. The van der Waals surface area contributed by atoms with Gasteiger partial charge in [-0.1, -0.05) is 0 Å². The molecule has 0 aliphatic rings. The van der Waals surface area contributed by atoms with Gasteiger partial charge in [0, 0.05) is 11.6 Å². The van der Waals surface area contributed by atoms with E-state index in [9.17, 15) is 9.59 Å². The maximum atomic E-state index is 11.8. The summed E-state index contributed by atoms with van der Waals surface area (Å²) >= 11 is 0. The van der Waals surface area contributed by atoms with Crippen LogP contribution in [0.25, 0.3) is 6.08 Å². The number of methoxy groups -OCH3 is 3. The summed E-state index contributed by atoms with van der Waals surface area (Å²) in [5.41, 5.74) is 2.95. The Morgan fingerprint density at radius 1 is 1.14 bits per heavy atom. The Morgan fingerprint density at radius 2 is 1.86 bits per heavy atom. The first kappa shape index (κ1) is 20.6.